The van der Waals surface area contributed by atoms with Crippen LogP contribution in [0, 0.1) is 5.92 Å². The third-order valence-corrected chi connectivity index (χ3v) is 4.82. The summed E-state index contributed by atoms with van der Waals surface area (Å²) in [5.74, 6) is -1.94. The van der Waals surface area contributed by atoms with Gasteiger partial charge in [-0.25, -0.2) is 14.2 Å². The second-order valence-corrected chi connectivity index (χ2v) is 6.87. The predicted molar refractivity (Wildman–Crippen MR) is 95.1 cm³/mol. The van der Waals surface area contributed by atoms with Crippen molar-refractivity contribution in [2.45, 2.75) is 38.8 Å². The topological polar surface area (TPSA) is 112 Å². The number of aliphatic carboxylic acids is 1. The number of likely N-dealkylation sites (tertiary alicyclic amines) is 1. The van der Waals surface area contributed by atoms with Crippen molar-refractivity contribution < 1.29 is 14.7 Å². The Hall–Kier alpha value is -2.90. The number of carbonyl (C=O) groups is 2. The first-order valence-corrected chi connectivity index (χ1v) is 8.59. The quantitative estimate of drug-likeness (QED) is 0.844. The Labute approximate surface area is 149 Å². The number of hydrogen-bond donors (Lipinski definition) is 2. The van der Waals surface area contributed by atoms with Gasteiger partial charge in [-0.2, -0.15) is 0 Å². The molecule has 2 heterocycles. The highest BCUT2D eigenvalue weighted by molar-refractivity contribution is 5.87. The van der Waals surface area contributed by atoms with E-state index in [2.05, 4.69) is 4.98 Å². The Morgan fingerprint density at radius 2 is 1.92 bits per heavy atom. The molecule has 0 radical (unpaired) electrons. The summed E-state index contributed by atoms with van der Waals surface area (Å²) in [6.45, 7) is 3.77. The predicted octanol–water partition coefficient (Wildman–Crippen LogP) is 0.962. The zero-order valence-corrected chi connectivity index (χ0v) is 14.6. The summed E-state index contributed by atoms with van der Waals surface area (Å²) in [6.07, 6.45) is 0.950. The minimum absolute atomic E-state index is 0.305. The first-order valence-electron chi connectivity index (χ1n) is 8.59. The second-order valence-electron chi connectivity index (χ2n) is 6.87. The van der Waals surface area contributed by atoms with E-state index in [-0.39, 0.29) is 5.92 Å². The van der Waals surface area contributed by atoms with Gasteiger partial charge in [-0.1, -0.05) is 26.0 Å². The number of aromatic amines is 1. The molecule has 0 spiro atoms. The number of hydrogen-bond acceptors (Lipinski definition) is 4. The molecular weight excluding hydrogens is 338 g/mol. The van der Waals surface area contributed by atoms with Crippen LogP contribution in [0.5, 0.6) is 0 Å². The molecule has 8 nitrogen and oxygen atoms in total. The van der Waals surface area contributed by atoms with Crippen molar-refractivity contribution in [3.05, 3.63) is 45.1 Å². The molecule has 0 bridgehead atoms. The Kier molecular flexibility index (Phi) is 4.67. The van der Waals surface area contributed by atoms with E-state index in [1.165, 1.54) is 4.90 Å². The van der Waals surface area contributed by atoms with E-state index < -0.39 is 35.2 Å². The molecule has 1 amide bonds. The van der Waals surface area contributed by atoms with E-state index in [1.807, 2.05) is 0 Å². The number of carboxylic acids is 1. The van der Waals surface area contributed by atoms with Crippen LogP contribution >= 0.6 is 0 Å². The Bertz CT molecular complexity index is 975. The summed E-state index contributed by atoms with van der Waals surface area (Å²) < 4.78 is 0.923. The fourth-order valence-electron chi connectivity index (χ4n) is 3.58. The average Bonchev–Trinajstić information content (AvgIpc) is 3.07. The molecule has 1 aliphatic rings. The summed E-state index contributed by atoms with van der Waals surface area (Å²) in [6, 6.07) is 4.61. The number of carbonyl (C=O) groups excluding carboxylic acids is 1. The number of fused-ring (bicyclic) bond motifs is 1. The van der Waals surface area contributed by atoms with E-state index in [4.69, 9.17) is 0 Å². The minimum Gasteiger partial charge on any atom is -0.480 e. The maximum atomic E-state index is 13.1. The lowest BCUT2D eigenvalue weighted by molar-refractivity contribution is -0.150. The SMILES string of the molecule is CC(C)C(C(=O)N1CCCC1C(=O)O)n1c(=O)[nH]c2ccccc2c1=O. The van der Waals surface area contributed by atoms with E-state index in [1.54, 1.807) is 38.1 Å². The van der Waals surface area contributed by atoms with E-state index >= 15 is 0 Å². The average molecular weight is 359 g/mol. The molecule has 2 atom stereocenters. The molecule has 2 unspecified atom stereocenters. The van der Waals surface area contributed by atoms with Crippen LogP contribution in [0.3, 0.4) is 0 Å². The van der Waals surface area contributed by atoms with Crippen molar-refractivity contribution >= 4 is 22.8 Å². The number of carboxylic acid groups (broad SMARTS) is 1. The van der Waals surface area contributed by atoms with Crippen LogP contribution < -0.4 is 11.2 Å². The van der Waals surface area contributed by atoms with Crippen molar-refractivity contribution in [2.24, 2.45) is 5.92 Å². The molecule has 26 heavy (non-hydrogen) atoms. The second kappa shape index (κ2) is 6.78. The summed E-state index contributed by atoms with van der Waals surface area (Å²) in [7, 11) is 0. The lowest BCUT2D eigenvalue weighted by Crippen LogP contribution is -2.50. The first-order chi connectivity index (χ1) is 12.3. The van der Waals surface area contributed by atoms with Crippen molar-refractivity contribution in [2.75, 3.05) is 6.54 Å². The van der Waals surface area contributed by atoms with Gasteiger partial charge in [-0.15, -0.1) is 0 Å². The third kappa shape index (κ3) is 2.91. The van der Waals surface area contributed by atoms with Crippen molar-refractivity contribution in [1.29, 1.82) is 0 Å². The molecule has 1 fully saturated rings. The molecule has 2 N–H and O–H groups in total. The molecule has 0 aliphatic carbocycles. The molecule has 1 aromatic heterocycles. The van der Waals surface area contributed by atoms with Crippen LogP contribution in [0.25, 0.3) is 10.9 Å². The molecular formula is C18H21N3O5. The Morgan fingerprint density at radius 3 is 2.58 bits per heavy atom. The minimum atomic E-state index is -1.07. The fraction of sp³-hybridized carbons (Fsp3) is 0.444. The zero-order valence-electron chi connectivity index (χ0n) is 14.6. The van der Waals surface area contributed by atoms with Crippen LogP contribution in [-0.4, -0.2) is 44.0 Å². The van der Waals surface area contributed by atoms with E-state index in [0.717, 1.165) is 4.57 Å². The number of benzene rings is 1. The standard InChI is InChI=1S/C18H21N3O5/c1-10(2)14(16(23)20-9-5-8-13(20)17(24)25)21-15(22)11-6-3-4-7-12(11)19-18(21)26/h3-4,6-7,10,13-14H,5,8-9H2,1-2H3,(H,19,26)(H,24,25). The Morgan fingerprint density at radius 1 is 1.23 bits per heavy atom. The molecule has 138 valence electrons. The highest BCUT2D eigenvalue weighted by Gasteiger charge is 2.39. The van der Waals surface area contributed by atoms with Gasteiger partial charge in [0.1, 0.15) is 12.1 Å². The van der Waals surface area contributed by atoms with Crippen LogP contribution in [0.4, 0.5) is 0 Å². The highest BCUT2D eigenvalue weighted by atomic mass is 16.4. The molecule has 1 aliphatic heterocycles. The van der Waals surface area contributed by atoms with Crippen molar-refractivity contribution in [3.8, 4) is 0 Å². The number of para-hydroxylation sites is 1. The maximum absolute atomic E-state index is 13.1. The number of nitrogens with zero attached hydrogens (tertiary/aromatic N) is 2. The zero-order chi connectivity index (χ0) is 19.0. The van der Waals surface area contributed by atoms with Crippen molar-refractivity contribution in [3.63, 3.8) is 0 Å². The van der Waals surface area contributed by atoms with Gasteiger partial charge < -0.3 is 15.0 Å². The molecule has 1 saturated heterocycles. The lowest BCUT2D eigenvalue weighted by atomic mass is 10.0. The first kappa shape index (κ1) is 17.9. The van der Waals surface area contributed by atoms with E-state index in [0.29, 0.717) is 30.3 Å². The normalized spacial score (nSPS) is 18.4. The van der Waals surface area contributed by atoms with Gasteiger partial charge in [0.25, 0.3) is 5.56 Å². The van der Waals surface area contributed by atoms with Gasteiger partial charge in [0, 0.05) is 6.54 Å². The summed E-state index contributed by atoms with van der Waals surface area (Å²) in [4.78, 5) is 53.9. The maximum Gasteiger partial charge on any atom is 0.329 e. The summed E-state index contributed by atoms with van der Waals surface area (Å²) >= 11 is 0. The lowest BCUT2D eigenvalue weighted by Gasteiger charge is -2.29. The summed E-state index contributed by atoms with van der Waals surface area (Å²) in [5.41, 5.74) is -0.826. The molecule has 0 saturated carbocycles. The molecule has 8 heteroatoms. The molecule has 2 aromatic rings. The number of H-pyrrole nitrogens is 1. The number of nitrogens with one attached hydrogen (secondary N) is 1. The Balaban J connectivity index is 2.14. The molecule has 1 aromatic carbocycles. The highest BCUT2D eigenvalue weighted by Crippen LogP contribution is 2.25. The monoisotopic (exact) mass is 359 g/mol. The number of amides is 1. The van der Waals surface area contributed by atoms with Gasteiger partial charge in [-0.3, -0.25) is 9.59 Å². The largest absolute Gasteiger partial charge is 0.480 e. The molecule has 3 rings (SSSR count). The van der Waals surface area contributed by atoms with Crippen LogP contribution in [-0.2, 0) is 9.59 Å². The van der Waals surface area contributed by atoms with Gasteiger partial charge in [0.05, 0.1) is 10.9 Å². The smallest absolute Gasteiger partial charge is 0.329 e. The van der Waals surface area contributed by atoms with Crippen LogP contribution in [0.1, 0.15) is 32.7 Å². The van der Waals surface area contributed by atoms with Gasteiger partial charge >= 0.3 is 11.7 Å². The van der Waals surface area contributed by atoms with Crippen LogP contribution in [0.15, 0.2) is 33.9 Å². The number of aromatic nitrogens is 2. The van der Waals surface area contributed by atoms with Crippen LogP contribution in [0.2, 0.25) is 0 Å². The van der Waals surface area contributed by atoms with Crippen molar-refractivity contribution in [1.82, 2.24) is 14.5 Å². The van der Waals surface area contributed by atoms with Gasteiger partial charge in [0.2, 0.25) is 5.91 Å². The van der Waals surface area contributed by atoms with E-state index in [9.17, 15) is 24.3 Å². The fourth-order valence-corrected chi connectivity index (χ4v) is 3.58. The number of rotatable bonds is 4. The summed E-state index contributed by atoms with van der Waals surface area (Å²) in [5, 5.41) is 9.65. The van der Waals surface area contributed by atoms with Gasteiger partial charge in [-0.05, 0) is 30.9 Å². The third-order valence-electron chi connectivity index (χ3n) is 4.82. The van der Waals surface area contributed by atoms with Gasteiger partial charge in [0.15, 0.2) is 0 Å².